The number of ketones is 1. The molecule has 3 unspecified atom stereocenters. The second-order valence-electron chi connectivity index (χ2n) is 8.98. The molecule has 37 heavy (non-hydrogen) atoms. The monoisotopic (exact) mass is 507 g/mol. The minimum atomic E-state index is -0.804. The van der Waals surface area contributed by atoms with Crippen molar-refractivity contribution in [3.8, 4) is 23.0 Å². The zero-order valence-electron chi connectivity index (χ0n) is 21.9. The number of carbonyl (C=O) groups excluding carboxylic acids is 2. The van der Waals surface area contributed by atoms with E-state index in [2.05, 4.69) is 11.9 Å². The summed E-state index contributed by atoms with van der Waals surface area (Å²) in [4.78, 5) is 27.0. The Morgan fingerprint density at radius 1 is 0.973 bits per heavy atom. The van der Waals surface area contributed by atoms with Crippen LogP contribution < -0.4 is 24.3 Å². The van der Waals surface area contributed by atoms with Gasteiger partial charge in [-0.3, -0.25) is 9.59 Å². The van der Waals surface area contributed by atoms with Crippen LogP contribution in [0.3, 0.4) is 0 Å². The van der Waals surface area contributed by atoms with Crippen LogP contribution in [0.25, 0.3) is 0 Å². The number of esters is 1. The number of para-hydroxylation sites is 1. The van der Waals surface area contributed by atoms with Crippen molar-refractivity contribution >= 4 is 11.8 Å². The molecule has 4 rings (SSSR count). The maximum Gasteiger partial charge on any atom is 0.315 e. The number of allylic oxidation sites excluding steroid dienone is 2. The SMILES string of the molecule is C=C1NC2=C(C(=O)CC(c3ccc(OC)c(OC)c3)C2)C(c2cccc(OC)c2OC)C1C(=O)OCC. The standard InChI is InChI=1S/C29H33NO7/c1-7-37-29(32)25-16(2)30-20-13-18(17-11-12-22(33-3)24(15-17)35-5)14-21(31)27(20)26(25)19-9-8-10-23(34-4)28(19)36-6/h8-12,15,18,25-26,30H,2,7,13-14H2,1,3-6H3. The topological polar surface area (TPSA) is 92.3 Å². The van der Waals surface area contributed by atoms with Gasteiger partial charge in [-0.15, -0.1) is 0 Å². The van der Waals surface area contributed by atoms with Crippen LogP contribution in [0.2, 0.25) is 0 Å². The molecule has 8 heteroatoms. The van der Waals surface area contributed by atoms with Crippen LogP contribution in [0.1, 0.15) is 42.7 Å². The summed E-state index contributed by atoms with van der Waals surface area (Å²) < 4.78 is 27.5. The molecule has 0 bridgehead atoms. The number of carbonyl (C=O) groups is 2. The van der Waals surface area contributed by atoms with E-state index in [0.717, 1.165) is 11.3 Å². The number of hydrogen-bond acceptors (Lipinski definition) is 8. The Kier molecular flexibility index (Phi) is 7.76. The lowest BCUT2D eigenvalue weighted by Gasteiger charge is -2.40. The lowest BCUT2D eigenvalue weighted by Crippen LogP contribution is -2.42. The molecule has 1 N–H and O–H groups in total. The van der Waals surface area contributed by atoms with Crippen molar-refractivity contribution in [1.29, 1.82) is 0 Å². The molecule has 196 valence electrons. The molecule has 2 aromatic rings. The van der Waals surface area contributed by atoms with Crippen molar-refractivity contribution < 1.29 is 33.3 Å². The highest BCUT2D eigenvalue weighted by Gasteiger charge is 2.46. The third-order valence-electron chi connectivity index (χ3n) is 7.03. The van der Waals surface area contributed by atoms with E-state index in [0.29, 0.717) is 46.3 Å². The van der Waals surface area contributed by atoms with Gasteiger partial charge in [0.2, 0.25) is 0 Å². The molecular weight excluding hydrogens is 474 g/mol. The second kappa shape index (κ2) is 11.0. The largest absolute Gasteiger partial charge is 0.493 e. The van der Waals surface area contributed by atoms with Crippen LogP contribution in [0.4, 0.5) is 0 Å². The van der Waals surface area contributed by atoms with Gasteiger partial charge in [-0.05, 0) is 43.0 Å². The summed E-state index contributed by atoms with van der Waals surface area (Å²) in [6, 6.07) is 11.2. The Balaban J connectivity index is 1.84. The van der Waals surface area contributed by atoms with E-state index in [1.54, 1.807) is 41.4 Å². The summed E-state index contributed by atoms with van der Waals surface area (Å²) in [5.41, 5.74) is 3.42. The van der Waals surface area contributed by atoms with E-state index in [1.165, 1.54) is 0 Å². The maximum atomic E-state index is 13.9. The minimum absolute atomic E-state index is 0.0507. The number of nitrogens with one attached hydrogen (secondary N) is 1. The fourth-order valence-corrected chi connectivity index (χ4v) is 5.39. The van der Waals surface area contributed by atoms with Gasteiger partial charge < -0.3 is 29.0 Å². The molecule has 1 aliphatic heterocycles. The third-order valence-corrected chi connectivity index (χ3v) is 7.03. The number of ether oxygens (including phenoxy) is 5. The number of methoxy groups -OCH3 is 4. The van der Waals surface area contributed by atoms with Crippen LogP contribution in [0.15, 0.2) is 59.9 Å². The zero-order chi connectivity index (χ0) is 26.7. The Morgan fingerprint density at radius 2 is 1.70 bits per heavy atom. The molecule has 2 aromatic carbocycles. The average molecular weight is 508 g/mol. The highest BCUT2D eigenvalue weighted by atomic mass is 16.5. The number of Topliss-reactive ketones (excluding diaryl/α,β-unsaturated/α-hetero) is 1. The van der Waals surface area contributed by atoms with Gasteiger partial charge in [-0.25, -0.2) is 0 Å². The van der Waals surface area contributed by atoms with Crippen LogP contribution >= 0.6 is 0 Å². The Hall–Kier alpha value is -3.94. The molecule has 0 spiro atoms. The second-order valence-corrected chi connectivity index (χ2v) is 8.98. The Bertz CT molecular complexity index is 1250. The van der Waals surface area contributed by atoms with Crippen molar-refractivity contribution in [2.24, 2.45) is 5.92 Å². The molecule has 0 saturated carbocycles. The molecule has 0 aromatic heterocycles. The highest BCUT2D eigenvalue weighted by molar-refractivity contribution is 6.01. The predicted molar refractivity (Wildman–Crippen MR) is 138 cm³/mol. The van der Waals surface area contributed by atoms with Crippen molar-refractivity contribution in [1.82, 2.24) is 5.32 Å². The van der Waals surface area contributed by atoms with E-state index in [9.17, 15) is 9.59 Å². The highest BCUT2D eigenvalue weighted by Crippen LogP contribution is 2.51. The van der Waals surface area contributed by atoms with Crippen LogP contribution in [0.5, 0.6) is 23.0 Å². The van der Waals surface area contributed by atoms with Crippen molar-refractivity contribution in [3.05, 3.63) is 71.1 Å². The van der Waals surface area contributed by atoms with E-state index in [1.807, 2.05) is 30.3 Å². The first kappa shape index (κ1) is 26.1. The summed E-state index contributed by atoms with van der Waals surface area (Å²) in [5, 5.41) is 3.29. The third kappa shape index (κ3) is 4.75. The van der Waals surface area contributed by atoms with Crippen LogP contribution in [-0.2, 0) is 14.3 Å². The molecule has 0 saturated heterocycles. The first-order valence-corrected chi connectivity index (χ1v) is 12.2. The number of benzene rings is 2. The fourth-order valence-electron chi connectivity index (χ4n) is 5.39. The normalized spacial score (nSPS) is 21.1. The molecule has 1 heterocycles. The molecule has 1 aliphatic carbocycles. The molecule has 8 nitrogen and oxygen atoms in total. The molecular formula is C29H33NO7. The fraction of sp³-hybridized carbons (Fsp3) is 0.379. The first-order valence-electron chi connectivity index (χ1n) is 12.2. The lowest BCUT2D eigenvalue weighted by molar-refractivity contribution is -0.147. The van der Waals surface area contributed by atoms with E-state index in [-0.39, 0.29) is 24.7 Å². The van der Waals surface area contributed by atoms with E-state index < -0.39 is 17.8 Å². The number of hydrogen-bond donors (Lipinski definition) is 1. The van der Waals surface area contributed by atoms with Crippen molar-refractivity contribution in [2.75, 3.05) is 35.0 Å². The Morgan fingerprint density at radius 3 is 2.35 bits per heavy atom. The van der Waals surface area contributed by atoms with E-state index >= 15 is 0 Å². The average Bonchev–Trinajstić information content (AvgIpc) is 2.91. The molecule has 2 aliphatic rings. The van der Waals surface area contributed by atoms with Gasteiger partial charge >= 0.3 is 5.97 Å². The summed E-state index contributed by atoms with van der Waals surface area (Å²) in [6.07, 6.45) is 0.842. The summed E-state index contributed by atoms with van der Waals surface area (Å²) >= 11 is 0. The zero-order valence-corrected chi connectivity index (χ0v) is 21.9. The maximum absolute atomic E-state index is 13.9. The van der Waals surface area contributed by atoms with Gasteiger partial charge in [0.1, 0.15) is 5.92 Å². The summed E-state index contributed by atoms with van der Waals surface area (Å²) in [5.74, 6) is 0.198. The molecule has 3 atom stereocenters. The van der Waals surface area contributed by atoms with Gasteiger partial charge in [0.25, 0.3) is 0 Å². The Labute approximate surface area is 217 Å². The van der Waals surface area contributed by atoms with Gasteiger partial charge in [-0.2, -0.15) is 0 Å². The van der Waals surface area contributed by atoms with Gasteiger partial charge in [0, 0.05) is 34.9 Å². The van der Waals surface area contributed by atoms with Gasteiger partial charge in [-0.1, -0.05) is 24.8 Å². The van der Waals surface area contributed by atoms with Crippen molar-refractivity contribution in [2.45, 2.75) is 31.6 Å². The van der Waals surface area contributed by atoms with Crippen LogP contribution in [-0.4, -0.2) is 46.8 Å². The molecule has 0 fully saturated rings. The minimum Gasteiger partial charge on any atom is -0.493 e. The van der Waals surface area contributed by atoms with Crippen LogP contribution in [0, 0.1) is 5.92 Å². The number of rotatable bonds is 8. The molecule has 0 amide bonds. The van der Waals surface area contributed by atoms with Gasteiger partial charge in [0.15, 0.2) is 28.8 Å². The smallest absolute Gasteiger partial charge is 0.315 e. The van der Waals surface area contributed by atoms with Crippen molar-refractivity contribution in [3.63, 3.8) is 0 Å². The first-order chi connectivity index (χ1) is 17.9. The van der Waals surface area contributed by atoms with E-state index in [4.69, 9.17) is 23.7 Å². The predicted octanol–water partition coefficient (Wildman–Crippen LogP) is 4.50. The quantitative estimate of drug-likeness (QED) is 0.522. The van der Waals surface area contributed by atoms with Gasteiger partial charge in [0.05, 0.1) is 35.0 Å². The summed E-state index contributed by atoms with van der Waals surface area (Å²) in [6.45, 7) is 6.14. The lowest BCUT2D eigenvalue weighted by atomic mass is 9.68. The molecule has 0 radical (unpaired) electrons. The summed E-state index contributed by atoms with van der Waals surface area (Å²) in [7, 11) is 6.27.